The Labute approximate surface area is 432 Å². The van der Waals surface area contributed by atoms with Gasteiger partial charge in [-0.05, 0) is 152 Å². The van der Waals surface area contributed by atoms with Crippen LogP contribution in [0.1, 0.15) is 52.2 Å². The molecular formula is C58H42F3N15. The van der Waals surface area contributed by atoms with Crippen molar-refractivity contribution in [2.45, 2.75) is 61.6 Å². The van der Waals surface area contributed by atoms with Gasteiger partial charge in [0.15, 0.2) is 29.0 Å². The Morgan fingerprint density at radius 3 is 1.00 bits per heavy atom. The van der Waals surface area contributed by atoms with E-state index < -0.39 is 11.7 Å². The monoisotopic (exact) mass is 1010 g/mol. The van der Waals surface area contributed by atoms with E-state index >= 15 is 13.2 Å². The molecule has 0 unspecified atom stereocenters. The number of halogens is 3. The molecule has 0 aliphatic rings. The van der Waals surface area contributed by atoms with Crippen LogP contribution in [0.15, 0.2) is 109 Å². The smallest absolute Gasteiger partial charge is 0.310 e. The third kappa shape index (κ3) is 8.27. The van der Waals surface area contributed by atoms with Crippen molar-refractivity contribution in [1.29, 1.82) is 0 Å². The Morgan fingerprint density at radius 1 is 0.355 bits per heavy atom. The second-order valence-electron chi connectivity index (χ2n) is 18.7. The lowest BCUT2D eigenvalue weighted by Crippen LogP contribution is -2.08. The molecule has 0 saturated heterocycles. The first-order chi connectivity index (χ1) is 36.5. The zero-order valence-electron chi connectivity index (χ0n) is 42.2. The number of fused-ring (bicyclic) bond motifs is 6. The molecule has 0 aliphatic heterocycles. The van der Waals surface area contributed by atoms with Gasteiger partial charge in [-0.15, -0.1) is 0 Å². The molecule has 0 N–H and O–H groups in total. The molecular weight excluding hydrogens is 964 g/mol. The summed E-state index contributed by atoms with van der Waals surface area (Å²) in [5, 5.41) is 3.14. The number of rotatable bonds is 7. The van der Waals surface area contributed by atoms with Crippen LogP contribution in [-0.4, -0.2) is 68.9 Å². The second-order valence-corrected chi connectivity index (χ2v) is 18.7. The summed E-state index contributed by atoms with van der Waals surface area (Å²) < 4.78 is 49.7. The lowest BCUT2D eigenvalue weighted by Gasteiger charge is -2.20. The van der Waals surface area contributed by atoms with Crippen LogP contribution in [0.3, 0.4) is 0 Å². The van der Waals surface area contributed by atoms with Crippen LogP contribution in [0.4, 0.5) is 18.9 Å². The molecule has 6 heterocycles. The van der Waals surface area contributed by atoms with Gasteiger partial charge in [0.2, 0.25) is 0 Å². The van der Waals surface area contributed by atoms with E-state index in [1.165, 1.54) is 12.1 Å². The van der Waals surface area contributed by atoms with E-state index in [0.29, 0.717) is 109 Å². The van der Waals surface area contributed by atoms with E-state index in [1.807, 2.05) is 137 Å². The zero-order valence-corrected chi connectivity index (χ0v) is 42.2. The Balaban J connectivity index is 1.16. The molecule has 12 rings (SSSR count). The van der Waals surface area contributed by atoms with Crippen molar-refractivity contribution in [2.75, 3.05) is 0 Å². The van der Waals surface area contributed by atoms with Crippen molar-refractivity contribution >= 4 is 49.3 Å². The highest BCUT2D eigenvalue weighted by atomic mass is 19.4. The second kappa shape index (κ2) is 17.7. The summed E-state index contributed by atoms with van der Waals surface area (Å²) in [6.45, 7) is 22.7. The molecule has 6 aromatic heterocycles. The summed E-state index contributed by atoms with van der Waals surface area (Å²) in [6.07, 6.45) is -4.72. The number of nitrogens with zero attached hydrogens (tertiary/aromatic N) is 15. The van der Waals surface area contributed by atoms with Crippen molar-refractivity contribution in [3.05, 3.63) is 173 Å². The van der Waals surface area contributed by atoms with E-state index in [1.54, 1.807) is 18.2 Å². The van der Waals surface area contributed by atoms with Gasteiger partial charge < -0.3 is 9.13 Å². The maximum atomic E-state index is 15.2. The summed E-state index contributed by atoms with van der Waals surface area (Å²) in [7, 11) is 0. The Bertz CT molecular complexity index is 4180. The molecule has 15 nitrogen and oxygen atoms in total. The van der Waals surface area contributed by atoms with Gasteiger partial charge in [0.1, 0.15) is 46.6 Å². The molecule has 0 fully saturated rings. The summed E-state index contributed by atoms with van der Waals surface area (Å²) in [4.78, 5) is 58.8. The molecule has 12 aromatic rings. The first kappa shape index (κ1) is 47.3. The van der Waals surface area contributed by atoms with E-state index in [-0.39, 0.29) is 11.3 Å². The highest BCUT2D eigenvalue weighted by molar-refractivity contribution is 6.14. The predicted octanol–water partition coefficient (Wildman–Crippen LogP) is 13.0. The largest absolute Gasteiger partial charge is 0.416 e. The molecule has 76 heavy (non-hydrogen) atoms. The molecule has 0 atom stereocenters. The van der Waals surface area contributed by atoms with Crippen molar-refractivity contribution in [2.24, 2.45) is 0 Å². The summed E-state index contributed by atoms with van der Waals surface area (Å²) in [6, 6.07) is 32.3. The molecule has 18 heteroatoms. The molecule has 6 aromatic carbocycles. The highest BCUT2D eigenvalue weighted by Gasteiger charge is 2.33. The van der Waals surface area contributed by atoms with Gasteiger partial charge >= 0.3 is 6.18 Å². The van der Waals surface area contributed by atoms with Crippen LogP contribution in [0, 0.1) is 62.0 Å². The molecule has 0 bridgehead atoms. The number of alkyl halides is 3. The number of benzene rings is 6. The molecule has 0 saturated carbocycles. The number of hydrogen-bond donors (Lipinski definition) is 0. The Morgan fingerprint density at radius 2 is 0.684 bits per heavy atom. The topological polar surface area (TPSA) is 169 Å². The van der Waals surface area contributed by atoms with Crippen molar-refractivity contribution < 1.29 is 13.2 Å². The zero-order chi connectivity index (χ0) is 52.9. The lowest BCUT2D eigenvalue weighted by atomic mass is 9.97. The minimum absolute atomic E-state index is 0.260. The normalized spacial score (nSPS) is 11.9. The van der Waals surface area contributed by atoms with Crippen LogP contribution < -0.4 is 0 Å². The fourth-order valence-corrected chi connectivity index (χ4v) is 10.2. The van der Waals surface area contributed by atoms with E-state index in [0.717, 1.165) is 49.9 Å². The molecule has 370 valence electrons. The van der Waals surface area contributed by atoms with E-state index in [9.17, 15) is 0 Å². The third-order valence-corrected chi connectivity index (χ3v) is 13.2. The minimum Gasteiger partial charge on any atom is -0.310 e. The number of hydrogen-bond acceptors (Lipinski definition) is 12. The number of aromatic nitrogens is 14. The van der Waals surface area contributed by atoms with Gasteiger partial charge in [-0.2, -0.15) is 13.2 Å². The summed E-state index contributed by atoms with van der Waals surface area (Å²) in [5.41, 5.74) is 6.78. The SMILES string of the molecule is [C-]#[N+]c1ccc(-c2cc(C(F)(F)F)ccc2-n2c3ccc(-c4nc(C)nc(C)n4)cc3c3cc(-c4nc(C)nc(C)n4)ccc32)c(-n2c3ccc(-c4nc(C)nc(C)n4)cc3c3cc(-c4nc(C)nc(C)n4)ccc32)c1. The molecule has 0 radical (unpaired) electrons. The maximum absolute atomic E-state index is 15.2. The molecule has 0 spiro atoms. The maximum Gasteiger partial charge on any atom is 0.416 e. The first-order valence-corrected chi connectivity index (χ1v) is 24.2. The Kier molecular flexibility index (Phi) is 11.0. The van der Waals surface area contributed by atoms with Gasteiger partial charge in [-0.1, -0.05) is 12.1 Å². The van der Waals surface area contributed by atoms with Crippen LogP contribution in [0.2, 0.25) is 0 Å². The van der Waals surface area contributed by atoms with E-state index in [2.05, 4.69) is 64.7 Å². The average molecular weight is 1010 g/mol. The average Bonchev–Trinajstić information content (AvgIpc) is 3.93. The lowest BCUT2D eigenvalue weighted by molar-refractivity contribution is -0.137. The van der Waals surface area contributed by atoms with Crippen molar-refractivity contribution in [1.82, 2.24) is 68.9 Å². The van der Waals surface area contributed by atoms with Crippen molar-refractivity contribution in [3.8, 4) is 68.1 Å². The quantitative estimate of drug-likeness (QED) is 0.139. The van der Waals surface area contributed by atoms with Crippen molar-refractivity contribution in [3.63, 3.8) is 0 Å². The summed E-state index contributed by atoms with van der Waals surface area (Å²) in [5.74, 6) is 6.44. The fraction of sp³-hybridized carbons (Fsp3) is 0.155. The van der Waals surface area contributed by atoms with Crippen LogP contribution in [-0.2, 0) is 6.18 Å². The molecule has 0 amide bonds. The first-order valence-electron chi connectivity index (χ1n) is 24.2. The van der Waals surface area contributed by atoms with Crippen LogP contribution in [0.5, 0.6) is 0 Å². The Hall–Kier alpha value is -9.76. The predicted molar refractivity (Wildman–Crippen MR) is 285 cm³/mol. The third-order valence-electron chi connectivity index (χ3n) is 13.2. The number of aryl methyl sites for hydroxylation is 8. The highest BCUT2D eigenvalue weighted by Crippen LogP contribution is 2.45. The van der Waals surface area contributed by atoms with Crippen LogP contribution >= 0.6 is 0 Å². The standard InChI is InChI=1S/C58H42F3N15/c1-28-63-29(2)68-54(67-28)36-10-17-48-43(22-36)44-23-37(55-69-30(3)64-31(4)70-55)11-18-49(44)75(48)52-21-14-40(58(59,60)61)26-47(52)42-16-15-41(62-9)27-53(42)76-50-19-12-38(56-71-32(5)65-33(6)72-56)24-45(50)46-25-39(13-20-51(46)76)57-73-34(7)66-35(8)74-57/h10-27H,1-8H3. The van der Waals surface area contributed by atoms with E-state index in [4.69, 9.17) is 6.57 Å². The van der Waals surface area contributed by atoms with Crippen LogP contribution in [0.25, 0.3) is 117 Å². The van der Waals surface area contributed by atoms with Gasteiger partial charge in [0, 0.05) is 60.6 Å². The van der Waals surface area contributed by atoms with Gasteiger partial charge in [-0.25, -0.2) is 64.7 Å². The minimum atomic E-state index is -4.72. The van der Waals surface area contributed by atoms with Gasteiger partial charge in [-0.3, -0.25) is 0 Å². The van der Waals surface area contributed by atoms with Gasteiger partial charge in [0.05, 0.1) is 39.9 Å². The van der Waals surface area contributed by atoms with Gasteiger partial charge in [0.25, 0.3) is 0 Å². The fourth-order valence-electron chi connectivity index (χ4n) is 10.2. The molecule has 0 aliphatic carbocycles. The summed E-state index contributed by atoms with van der Waals surface area (Å²) >= 11 is 0.